The van der Waals surface area contributed by atoms with Gasteiger partial charge in [-0.25, -0.2) is 0 Å². The Morgan fingerprint density at radius 1 is 1.18 bits per heavy atom. The van der Waals surface area contributed by atoms with Crippen LogP contribution < -0.4 is 20.1 Å². The summed E-state index contributed by atoms with van der Waals surface area (Å²) in [4.78, 5) is 0. The summed E-state index contributed by atoms with van der Waals surface area (Å²) in [6.45, 7) is 2.27. The number of methoxy groups -OCH3 is 2. The van der Waals surface area contributed by atoms with Crippen molar-refractivity contribution in [3.8, 4) is 11.5 Å². The molecule has 6 heteroatoms. The Balaban J connectivity index is 2.07. The SMILES string of the molecule is COc1cc(NC(=S)N[C@@H]2CCCC[C@H]2C)c(OC)cc1Cl. The molecule has 1 aromatic rings. The molecule has 122 valence electrons. The van der Waals surface area contributed by atoms with Gasteiger partial charge in [-0.2, -0.15) is 0 Å². The van der Waals surface area contributed by atoms with E-state index in [9.17, 15) is 0 Å². The van der Waals surface area contributed by atoms with E-state index in [2.05, 4.69) is 17.6 Å². The maximum absolute atomic E-state index is 6.11. The topological polar surface area (TPSA) is 42.5 Å². The third-order valence-corrected chi connectivity index (χ3v) is 4.67. The first-order valence-electron chi connectivity index (χ1n) is 7.54. The fourth-order valence-corrected chi connectivity index (χ4v) is 3.31. The molecule has 1 saturated carbocycles. The van der Waals surface area contributed by atoms with Crippen molar-refractivity contribution in [2.24, 2.45) is 5.92 Å². The van der Waals surface area contributed by atoms with Crippen molar-refractivity contribution in [2.75, 3.05) is 19.5 Å². The molecule has 1 aliphatic carbocycles. The molecule has 0 radical (unpaired) electrons. The highest BCUT2D eigenvalue weighted by atomic mass is 35.5. The number of hydrogen-bond acceptors (Lipinski definition) is 3. The molecule has 0 heterocycles. The van der Waals surface area contributed by atoms with E-state index < -0.39 is 0 Å². The first-order valence-corrected chi connectivity index (χ1v) is 8.32. The molecule has 0 bridgehead atoms. The zero-order valence-corrected chi connectivity index (χ0v) is 14.8. The van der Waals surface area contributed by atoms with Gasteiger partial charge in [-0.05, 0) is 31.0 Å². The van der Waals surface area contributed by atoms with Gasteiger partial charge in [0.25, 0.3) is 0 Å². The van der Waals surface area contributed by atoms with Gasteiger partial charge in [0, 0.05) is 18.2 Å². The summed E-state index contributed by atoms with van der Waals surface area (Å²) in [6.07, 6.45) is 4.97. The predicted molar refractivity (Wildman–Crippen MR) is 95.3 cm³/mol. The minimum atomic E-state index is 0.425. The lowest BCUT2D eigenvalue weighted by molar-refractivity contribution is 0.309. The molecule has 2 atom stereocenters. The van der Waals surface area contributed by atoms with E-state index in [0.717, 1.165) is 12.1 Å². The molecule has 0 spiro atoms. The van der Waals surface area contributed by atoms with E-state index in [1.807, 2.05) is 0 Å². The van der Waals surface area contributed by atoms with Crippen LogP contribution in [0.5, 0.6) is 11.5 Å². The summed E-state index contributed by atoms with van der Waals surface area (Å²) in [5.41, 5.74) is 0.740. The summed E-state index contributed by atoms with van der Waals surface area (Å²) in [5, 5.41) is 7.70. The maximum atomic E-state index is 6.11. The summed E-state index contributed by atoms with van der Waals surface area (Å²) >= 11 is 11.5. The normalized spacial score (nSPS) is 21.1. The van der Waals surface area contributed by atoms with Crippen LogP contribution in [-0.2, 0) is 0 Å². The Hall–Kier alpha value is -1.20. The molecule has 2 N–H and O–H groups in total. The predicted octanol–water partition coefficient (Wildman–Crippen LogP) is 4.22. The monoisotopic (exact) mass is 342 g/mol. The number of rotatable bonds is 4. The molecule has 22 heavy (non-hydrogen) atoms. The van der Waals surface area contributed by atoms with E-state index in [1.165, 1.54) is 19.3 Å². The number of ether oxygens (including phenoxy) is 2. The maximum Gasteiger partial charge on any atom is 0.171 e. The molecular weight excluding hydrogens is 320 g/mol. The van der Waals surface area contributed by atoms with E-state index in [4.69, 9.17) is 33.3 Å². The van der Waals surface area contributed by atoms with Crippen LogP contribution in [0.15, 0.2) is 12.1 Å². The molecular formula is C16H23ClN2O2S. The van der Waals surface area contributed by atoms with Gasteiger partial charge in [-0.1, -0.05) is 31.4 Å². The van der Waals surface area contributed by atoms with Crippen LogP contribution in [0.3, 0.4) is 0 Å². The molecule has 1 aromatic carbocycles. The quantitative estimate of drug-likeness (QED) is 0.802. The average molecular weight is 343 g/mol. The first kappa shape index (κ1) is 17.2. The van der Waals surface area contributed by atoms with Crippen molar-refractivity contribution in [2.45, 2.75) is 38.6 Å². The van der Waals surface area contributed by atoms with Crippen molar-refractivity contribution >= 4 is 34.6 Å². The van der Waals surface area contributed by atoms with Crippen molar-refractivity contribution in [3.63, 3.8) is 0 Å². The van der Waals surface area contributed by atoms with Crippen LogP contribution in [0, 0.1) is 5.92 Å². The second-order valence-electron chi connectivity index (χ2n) is 5.65. The van der Waals surface area contributed by atoms with Gasteiger partial charge in [0.2, 0.25) is 0 Å². The number of anilines is 1. The van der Waals surface area contributed by atoms with Gasteiger partial charge in [-0.15, -0.1) is 0 Å². The molecule has 1 fully saturated rings. The number of thiocarbonyl (C=S) groups is 1. The largest absolute Gasteiger partial charge is 0.495 e. The number of nitrogens with one attached hydrogen (secondary N) is 2. The van der Waals surface area contributed by atoms with Crippen LogP contribution in [0.25, 0.3) is 0 Å². The first-order chi connectivity index (χ1) is 10.5. The van der Waals surface area contributed by atoms with Gasteiger partial charge in [-0.3, -0.25) is 0 Å². The molecule has 4 nitrogen and oxygen atoms in total. The van der Waals surface area contributed by atoms with Crippen LogP contribution in [0.1, 0.15) is 32.6 Å². The number of benzene rings is 1. The molecule has 1 aliphatic rings. The third-order valence-electron chi connectivity index (χ3n) is 4.15. The molecule has 0 aromatic heterocycles. The number of hydrogen-bond donors (Lipinski definition) is 2. The average Bonchev–Trinajstić information content (AvgIpc) is 2.50. The van der Waals surface area contributed by atoms with Gasteiger partial charge in [0.05, 0.1) is 24.9 Å². The van der Waals surface area contributed by atoms with Gasteiger partial charge < -0.3 is 20.1 Å². The standard InChI is InChI=1S/C16H23ClN2O2S/c1-10-6-4-5-7-12(10)18-16(22)19-13-9-14(20-2)11(17)8-15(13)21-3/h8-10,12H,4-7H2,1-3H3,(H2,18,19,22)/t10-,12-/m1/s1. The molecule has 0 aliphatic heterocycles. The molecule has 2 rings (SSSR count). The number of halogens is 1. The summed E-state index contributed by atoms with van der Waals surface area (Å²) < 4.78 is 10.6. The third kappa shape index (κ3) is 4.17. The molecule has 0 amide bonds. The van der Waals surface area contributed by atoms with E-state index >= 15 is 0 Å². The Morgan fingerprint density at radius 3 is 2.50 bits per heavy atom. The van der Waals surface area contributed by atoms with Crippen LogP contribution in [-0.4, -0.2) is 25.4 Å². The van der Waals surface area contributed by atoms with E-state index in [1.54, 1.807) is 26.4 Å². The van der Waals surface area contributed by atoms with Crippen LogP contribution in [0.4, 0.5) is 5.69 Å². The fourth-order valence-electron chi connectivity index (χ4n) is 2.82. The van der Waals surface area contributed by atoms with Crippen molar-refractivity contribution < 1.29 is 9.47 Å². The smallest absolute Gasteiger partial charge is 0.171 e. The molecule has 0 saturated heterocycles. The van der Waals surface area contributed by atoms with Gasteiger partial charge in [0.1, 0.15) is 11.5 Å². The van der Waals surface area contributed by atoms with Crippen molar-refractivity contribution in [1.82, 2.24) is 5.32 Å². The van der Waals surface area contributed by atoms with Crippen LogP contribution in [0.2, 0.25) is 5.02 Å². The molecule has 0 unspecified atom stereocenters. The van der Waals surface area contributed by atoms with Crippen molar-refractivity contribution in [3.05, 3.63) is 17.2 Å². The highest BCUT2D eigenvalue weighted by molar-refractivity contribution is 7.80. The minimum absolute atomic E-state index is 0.425. The summed E-state index contributed by atoms with van der Waals surface area (Å²) in [7, 11) is 3.18. The fraction of sp³-hybridized carbons (Fsp3) is 0.562. The lowest BCUT2D eigenvalue weighted by Gasteiger charge is -2.30. The Kier molecular flexibility index (Phi) is 6.15. The van der Waals surface area contributed by atoms with E-state index in [0.29, 0.717) is 33.6 Å². The Bertz CT molecular complexity index is 539. The zero-order chi connectivity index (χ0) is 16.1. The second kappa shape index (κ2) is 7.88. The summed E-state index contributed by atoms with van der Waals surface area (Å²) in [6, 6.07) is 3.93. The van der Waals surface area contributed by atoms with Gasteiger partial charge >= 0.3 is 0 Å². The van der Waals surface area contributed by atoms with E-state index in [-0.39, 0.29) is 0 Å². The summed E-state index contributed by atoms with van der Waals surface area (Å²) in [5.74, 6) is 1.85. The lowest BCUT2D eigenvalue weighted by Crippen LogP contribution is -2.43. The highest BCUT2D eigenvalue weighted by Gasteiger charge is 2.22. The highest BCUT2D eigenvalue weighted by Crippen LogP contribution is 2.36. The van der Waals surface area contributed by atoms with Crippen molar-refractivity contribution in [1.29, 1.82) is 0 Å². The van der Waals surface area contributed by atoms with Crippen LogP contribution >= 0.6 is 23.8 Å². The Morgan fingerprint density at radius 2 is 1.86 bits per heavy atom. The lowest BCUT2D eigenvalue weighted by atomic mass is 9.86. The van der Waals surface area contributed by atoms with Gasteiger partial charge in [0.15, 0.2) is 5.11 Å². The second-order valence-corrected chi connectivity index (χ2v) is 6.47. The zero-order valence-electron chi connectivity index (χ0n) is 13.2. The minimum Gasteiger partial charge on any atom is -0.495 e. The Labute approximate surface area is 142 Å².